The number of hydrogen-bond donors (Lipinski definition) is 0. The van der Waals surface area contributed by atoms with E-state index >= 15 is 0 Å². The van der Waals surface area contributed by atoms with Crippen molar-refractivity contribution in [3.63, 3.8) is 0 Å². The highest BCUT2D eigenvalue weighted by molar-refractivity contribution is 6.13. The SMILES string of the molecule is Cc1ccccc1C(=O)Oc1ccc(/C=C2\N=C(c3ccc4ccccc4c3)OC2=O)cc1. The zero-order valence-electron chi connectivity index (χ0n) is 17.8. The van der Waals surface area contributed by atoms with E-state index < -0.39 is 11.9 Å². The van der Waals surface area contributed by atoms with Gasteiger partial charge in [-0.15, -0.1) is 0 Å². The summed E-state index contributed by atoms with van der Waals surface area (Å²) in [6.07, 6.45) is 1.64. The van der Waals surface area contributed by atoms with Crippen molar-refractivity contribution in [3.05, 3.63) is 119 Å². The maximum absolute atomic E-state index is 12.4. The summed E-state index contributed by atoms with van der Waals surface area (Å²) in [5.74, 6) is -0.225. The maximum atomic E-state index is 12.4. The Balaban J connectivity index is 1.34. The zero-order chi connectivity index (χ0) is 22.8. The van der Waals surface area contributed by atoms with E-state index in [1.807, 2.05) is 61.5 Å². The van der Waals surface area contributed by atoms with Gasteiger partial charge in [0.2, 0.25) is 5.90 Å². The Morgan fingerprint density at radius 3 is 2.39 bits per heavy atom. The second-order valence-corrected chi connectivity index (χ2v) is 7.67. The summed E-state index contributed by atoms with van der Waals surface area (Å²) in [5, 5.41) is 2.15. The fourth-order valence-corrected chi connectivity index (χ4v) is 3.61. The molecular formula is C28H19NO4. The number of carbonyl (C=O) groups excluding carboxylic acids is 2. The van der Waals surface area contributed by atoms with Crippen molar-refractivity contribution < 1.29 is 19.1 Å². The number of fused-ring (bicyclic) bond motifs is 1. The summed E-state index contributed by atoms with van der Waals surface area (Å²) in [5.41, 5.74) is 3.06. The molecule has 5 nitrogen and oxygen atoms in total. The fraction of sp³-hybridized carbons (Fsp3) is 0.0357. The lowest BCUT2D eigenvalue weighted by atomic mass is 10.1. The minimum absolute atomic E-state index is 0.211. The van der Waals surface area contributed by atoms with Crippen molar-refractivity contribution in [2.45, 2.75) is 6.92 Å². The van der Waals surface area contributed by atoms with Gasteiger partial charge in [-0.25, -0.2) is 14.6 Å². The molecule has 0 spiro atoms. The Labute approximate surface area is 190 Å². The Morgan fingerprint density at radius 1 is 0.879 bits per heavy atom. The van der Waals surface area contributed by atoms with Gasteiger partial charge in [0.05, 0.1) is 5.56 Å². The summed E-state index contributed by atoms with van der Waals surface area (Å²) in [7, 11) is 0. The van der Waals surface area contributed by atoms with E-state index in [4.69, 9.17) is 9.47 Å². The summed E-state index contributed by atoms with van der Waals surface area (Å²) in [6, 6.07) is 27.9. The van der Waals surface area contributed by atoms with E-state index in [1.165, 1.54) is 0 Å². The predicted octanol–water partition coefficient (Wildman–Crippen LogP) is 5.71. The van der Waals surface area contributed by atoms with Crippen LogP contribution >= 0.6 is 0 Å². The number of carbonyl (C=O) groups is 2. The van der Waals surface area contributed by atoms with Crippen LogP contribution in [0.1, 0.15) is 27.0 Å². The van der Waals surface area contributed by atoms with Crippen molar-refractivity contribution in [2.24, 2.45) is 4.99 Å². The van der Waals surface area contributed by atoms with Gasteiger partial charge in [0.1, 0.15) is 5.75 Å². The summed E-state index contributed by atoms with van der Waals surface area (Å²) in [4.78, 5) is 29.1. The van der Waals surface area contributed by atoms with E-state index in [1.54, 1.807) is 42.5 Å². The third kappa shape index (κ3) is 4.29. The van der Waals surface area contributed by atoms with Gasteiger partial charge in [0, 0.05) is 5.56 Å². The van der Waals surface area contributed by atoms with E-state index in [0.29, 0.717) is 11.3 Å². The van der Waals surface area contributed by atoms with Gasteiger partial charge in [-0.05, 0) is 65.2 Å². The summed E-state index contributed by atoms with van der Waals surface area (Å²) >= 11 is 0. The number of rotatable bonds is 4. The molecule has 0 radical (unpaired) electrons. The molecular weight excluding hydrogens is 414 g/mol. The van der Waals surface area contributed by atoms with E-state index in [9.17, 15) is 9.59 Å². The van der Waals surface area contributed by atoms with Gasteiger partial charge in [-0.1, -0.05) is 60.7 Å². The fourth-order valence-electron chi connectivity index (χ4n) is 3.61. The first kappa shape index (κ1) is 20.4. The van der Waals surface area contributed by atoms with Crippen LogP contribution in [0.25, 0.3) is 16.8 Å². The minimum Gasteiger partial charge on any atom is -0.423 e. The van der Waals surface area contributed by atoms with Gasteiger partial charge < -0.3 is 9.47 Å². The monoisotopic (exact) mass is 433 g/mol. The van der Waals surface area contributed by atoms with Crippen LogP contribution in [0.3, 0.4) is 0 Å². The number of benzene rings is 4. The van der Waals surface area contributed by atoms with E-state index in [0.717, 1.165) is 27.5 Å². The molecule has 5 heteroatoms. The predicted molar refractivity (Wildman–Crippen MR) is 127 cm³/mol. The number of aryl methyl sites for hydroxylation is 1. The molecule has 0 unspecified atom stereocenters. The third-order valence-corrected chi connectivity index (χ3v) is 5.38. The highest BCUT2D eigenvalue weighted by atomic mass is 16.6. The highest BCUT2D eigenvalue weighted by Gasteiger charge is 2.24. The van der Waals surface area contributed by atoms with Crippen molar-refractivity contribution >= 4 is 34.7 Å². The number of esters is 2. The molecule has 5 rings (SSSR count). The van der Waals surface area contributed by atoms with Gasteiger partial charge in [0.15, 0.2) is 5.70 Å². The first-order valence-electron chi connectivity index (χ1n) is 10.5. The smallest absolute Gasteiger partial charge is 0.363 e. The third-order valence-electron chi connectivity index (χ3n) is 5.38. The normalized spacial score (nSPS) is 14.3. The molecule has 0 bridgehead atoms. The molecule has 160 valence electrons. The Bertz CT molecular complexity index is 1450. The quantitative estimate of drug-likeness (QED) is 0.235. The molecule has 0 N–H and O–H groups in total. The molecule has 0 amide bonds. The van der Waals surface area contributed by atoms with Gasteiger partial charge in [0.25, 0.3) is 0 Å². The second-order valence-electron chi connectivity index (χ2n) is 7.67. The molecule has 1 aliphatic heterocycles. The molecule has 0 atom stereocenters. The van der Waals surface area contributed by atoms with Crippen LogP contribution in [0, 0.1) is 6.92 Å². The Morgan fingerprint density at radius 2 is 1.61 bits per heavy atom. The lowest BCUT2D eigenvalue weighted by Gasteiger charge is -2.06. The largest absolute Gasteiger partial charge is 0.423 e. The lowest BCUT2D eigenvalue weighted by Crippen LogP contribution is -2.09. The van der Waals surface area contributed by atoms with E-state index in [2.05, 4.69) is 4.99 Å². The molecule has 4 aromatic carbocycles. The summed E-state index contributed by atoms with van der Waals surface area (Å²) in [6.45, 7) is 1.86. The topological polar surface area (TPSA) is 65.0 Å². The first-order chi connectivity index (χ1) is 16.1. The second kappa shape index (κ2) is 8.55. The molecule has 0 saturated carbocycles. The van der Waals surface area contributed by atoms with Crippen LogP contribution in [-0.2, 0) is 9.53 Å². The minimum atomic E-state index is -0.506. The number of nitrogens with zero attached hydrogens (tertiary/aromatic N) is 1. The number of cyclic esters (lactones) is 1. The maximum Gasteiger partial charge on any atom is 0.363 e. The van der Waals surface area contributed by atoms with Gasteiger partial charge in [-0.2, -0.15) is 0 Å². The van der Waals surface area contributed by atoms with Crippen molar-refractivity contribution in [1.29, 1.82) is 0 Å². The van der Waals surface area contributed by atoms with Crippen molar-refractivity contribution in [2.75, 3.05) is 0 Å². The molecule has 0 fully saturated rings. The number of hydrogen-bond acceptors (Lipinski definition) is 5. The van der Waals surface area contributed by atoms with E-state index in [-0.39, 0.29) is 11.6 Å². The molecule has 0 saturated heterocycles. The first-order valence-corrected chi connectivity index (χ1v) is 10.5. The lowest BCUT2D eigenvalue weighted by molar-refractivity contribution is -0.129. The molecule has 1 aliphatic rings. The van der Waals surface area contributed by atoms with Gasteiger partial charge >= 0.3 is 11.9 Å². The number of aliphatic imine (C=N–C) groups is 1. The molecule has 0 aromatic heterocycles. The van der Waals surface area contributed by atoms with Crippen molar-refractivity contribution in [3.8, 4) is 5.75 Å². The standard InChI is InChI=1S/C28H19NO4/c1-18-6-2-5-9-24(18)27(30)32-23-14-10-19(11-15-23)16-25-28(31)33-26(29-25)22-13-12-20-7-3-4-8-21(20)17-22/h2-17H,1H3/b25-16-. The van der Waals surface area contributed by atoms with Crippen LogP contribution in [0.15, 0.2) is 102 Å². The van der Waals surface area contributed by atoms with Crippen LogP contribution in [0.4, 0.5) is 0 Å². The number of ether oxygens (including phenoxy) is 2. The van der Waals surface area contributed by atoms with Crippen LogP contribution in [-0.4, -0.2) is 17.8 Å². The molecule has 4 aromatic rings. The highest BCUT2D eigenvalue weighted by Crippen LogP contribution is 2.23. The molecule has 1 heterocycles. The Kier molecular flexibility index (Phi) is 5.29. The van der Waals surface area contributed by atoms with Crippen molar-refractivity contribution in [1.82, 2.24) is 0 Å². The Hall–Kier alpha value is -4.51. The summed E-state index contributed by atoms with van der Waals surface area (Å²) < 4.78 is 10.8. The van der Waals surface area contributed by atoms with Crippen LogP contribution in [0.5, 0.6) is 5.75 Å². The van der Waals surface area contributed by atoms with Crippen LogP contribution in [0.2, 0.25) is 0 Å². The van der Waals surface area contributed by atoms with Crippen LogP contribution < -0.4 is 4.74 Å². The zero-order valence-corrected chi connectivity index (χ0v) is 17.8. The average Bonchev–Trinajstić information content (AvgIpc) is 3.20. The van der Waals surface area contributed by atoms with Gasteiger partial charge in [-0.3, -0.25) is 0 Å². The average molecular weight is 433 g/mol. The molecule has 33 heavy (non-hydrogen) atoms. The molecule has 0 aliphatic carbocycles.